The van der Waals surface area contributed by atoms with Gasteiger partial charge in [-0.05, 0) is 13.8 Å². The summed E-state index contributed by atoms with van der Waals surface area (Å²) in [7, 11) is 1.77. The molecular weight excluding hydrogens is 278 g/mol. The van der Waals surface area contributed by atoms with Crippen LogP contribution in [0.5, 0.6) is 0 Å². The highest BCUT2D eigenvalue weighted by atomic mass is 32.1. The normalized spacial score (nSPS) is 10.8. The van der Waals surface area contributed by atoms with Crippen LogP contribution in [-0.4, -0.2) is 31.7 Å². The Labute approximate surface area is 120 Å². The van der Waals surface area contributed by atoms with Gasteiger partial charge in [0, 0.05) is 13.1 Å². The fourth-order valence-corrected chi connectivity index (χ4v) is 2.45. The van der Waals surface area contributed by atoms with Gasteiger partial charge in [0.15, 0.2) is 11.0 Å². The molecule has 0 saturated heterocycles. The van der Waals surface area contributed by atoms with Crippen molar-refractivity contribution in [2.75, 3.05) is 11.1 Å². The van der Waals surface area contributed by atoms with E-state index in [0.29, 0.717) is 15.8 Å². The third kappa shape index (κ3) is 3.44. The van der Waals surface area contributed by atoms with Gasteiger partial charge < -0.3 is 16.4 Å². The Bertz CT molecular complexity index is 604. The molecule has 2 rings (SSSR count). The number of nitrogens with zero attached hydrogens (tertiary/aromatic N) is 4. The van der Waals surface area contributed by atoms with E-state index >= 15 is 0 Å². The van der Waals surface area contributed by atoms with Crippen molar-refractivity contribution in [1.29, 1.82) is 0 Å². The fourth-order valence-electron chi connectivity index (χ4n) is 1.51. The van der Waals surface area contributed by atoms with E-state index < -0.39 is 0 Å². The molecule has 0 unspecified atom stereocenters. The number of nitrogen functional groups attached to an aromatic ring is 1. The minimum atomic E-state index is -0.274. The summed E-state index contributed by atoms with van der Waals surface area (Å²) in [5.74, 6) is 0.498. The first-order valence-corrected chi connectivity index (χ1v) is 6.93. The maximum absolute atomic E-state index is 12.0. The van der Waals surface area contributed by atoms with Gasteiger partial charge in [-0.1, -0.05) is 11.3 Å². The molecule has 0 bridgehead atoms. The molecular formula is C11H17N7OS. The van der Waals surface area contributed by atoms with Crippen LogP contribution in [0.4, 0.5) is 10.9 Å². The number of nitrogens with two attached hydrogens (primary N) is 1. The number of thiazole rings is 1. The number of hydrogen-bond donors (Lipinski definition) is 3. The van der Waals surface area contributed by atoms with E-state index in [1.807, 2.05) is 13.8 Å². The number of aromatic nitrogens is 4. The van der Waals surface area contributed by atoms with Gasteiger partial charge in [-0.2, -0.15) is 5.10 Å². The van der Waals surface area contributed by atoms with E-state index in [9.17, 15) is 4.79 Å². The van der Waals surface area contributed by atoms with Gasteiger partial charge in [-0.25, -0.2) is 9.97 Å². The van der Waals surface area contributed by atoms with Crippen LogP contribution < -0.4 is 16.4 Å². The molecule has 0 aliphatic carbocycles. The Balaban J connectivity index is 2.00. The van der Waals surface area contributed by atoms with Gasteiger partial charge in [-0.3, -0.25) is 9.48 Å². The summed E-state index contributed by atoms with van der Waals surface area (Å²) in [5, 5.41) is 10.6. The third-order valence-corrected chi connectivity index (χ3v) is 3.33. The Morgan fingerprint density at radius 2 is 2.30 bits per heavy atom. The molecule has 1 amide bonds. The molecule has 4 N–H and O–H groups in total. The average molecular weight is 295 g/mol. The zero-order valence-electron chi connectivity index (χ0n) is 11.5. The number of carbonyl (C=O) groups excluding carboxylic acids is 1. The molecule has 0 spiro atoms. The van der Waals surface area contributed by atoms with Crippen LogP contribution in [0.2, 0.25) is 0 Å². The largest absolute Gasteiger partial charge is 0.382 e. The zero-order chi connectivity index (χ0) is 14.7. The lowest BCUT2D eigenvalue weighted by Crippen LogP contribution is -2.23. The molecule has 0 aromatic carbocycles. The highest BCUT2D eigenvalue weighted by Crippen LogP contribution is 2.25. The quantitative estimate of drug-likeness (QED) is 0.745. The standard InChI is InChI=1S/C11H17N7OS/c1-6(2)15-11-16-9(12)8(20-11)10(19)13-4-7-14-5-18(3)17-7/h5-6H,4,12H2,1-3H3,(H,13,19)(H,15,16). The van der Waals surface area contributed by atoms with Gasteiger partial charge >= 0.3 is 0 Å². The SMILES string of the molecule is CC(C)Nc1nc(N)c(C(=O)NCc2ncn(C)n2)s1. The van der Waals surface area contributed by atoms with Crippen LogP contribution in [0, 0.1) is 0 Å². The monoisotopic (exact) mass is 295 g/mol. The van der Waals surface area contributed by atoms with Gasteiger partial charge in [0.1, 0.15) is 17.0 Å². The zero-order valence-corrected chi connectivity index (χ0v) is 12.4. The second kappa shape index (κ2) is 5.87. The second-order valence-electron chi connectivity index (χ2n) is 4.55. The maximum Gasteiger partial charge on any atom is 0.265 e. The molecule has 0 atom stereocenters. The highest BCUT2D eigenvalue weighted by molar-refractivity contribution is 7.18. The summed E-state index contributed by atoms with van der Waals surface area (Å²) >= 11 is 1.23. The number of anilines is 2. The van der Waals surface area contributed by atoms with Crippen molar-refractivity contribution in [2.24, 2.45) is 7.05 Å². The van der Waals surface area contributed by atoms with E-state index in [1.54, 1.807) is 18.1 Å². The summed E-state index contributed by atoms with van der Waals surface area (Å²) in [6.07, 6.45) is 1.58. The van der Waals surface area contributed by atoms with E-state index in [0.717, 1.165) is 0 Å². The minimum absolute atomic E-state index is 0.227. The summed E-state index contributed by atoms with van der Waals surface area (Å²) in [6, 6.07) is 0.231. The molecule has 2 aromatic heterocycles. The van der Waals surface area contributed by atoms with Crippen LogP contribution in [-0.2, 0) is 13.6 Å². The van der Waals surface area contributed by atoms with Crippen LogP contribution in [0.1, 0.15) is 29.3 Å². The van der Waals surface area contributed by atoms with Gasteiger partial charge in [0.2, 0.25) is 0 Å². The van der Waals surface area contributed by atoms with Crippen molar-refractivity contribution < 1.29 is 4.79 Å². The molecule has 108 valence electrons. The lowest BCUT2D eigenvalue weighted by Gasteiger charge is -2.04. The highest BCUT2D eigenvalue weighted by Gasteiger charge is 2.16. The summed E-state index contributed by atoms with van der Waals surface area (Å²) < 4.78 is 1.58. The molecule has 0 radical (unpaired) electrons. The van der Waals surface area contributed by atoms with Crippen molar-refractivity contribution in [3.8, 4) is 0 Å². The van der Waals surface area contributed by atoms with Crippen LogP contribution in [0.25, 0.3) is 0 Å². The van der Waals surface area contributed by atoms with Crippen molar-refractivity contribution in [1.82, 2.24) is 25.1 Å². The Morgan fingerprint density at radius 1 is 1.55 bits per heavy atom. The number of amides is 1. The summed E-state index contributed by atoms with van der Waals surface area (Å²) in [6.45, 7) is 4.23. The first-order valence-electron chi connectivity index (χ1n) is 6.11. The average Bonchev–Trinajstić information content (AvgIpc) is 2.92. The number of carbonyl (C=O) groups is 1. The number of nitrogens with one attached hydrogen (secondary N) is 2. The molecule has 20 heavy (non-hydrogen) atoms. The molecule has 0 saturated carbocycles. The van der Waals surface area contributed by atoms with Gasteiger partial charge in [-0.15, -0.1) is 0 Å². The van der Waals surface area contributed by atoms with Gasteiger partial charge in [0.25, 0.3) is 5.91 Å². The Kier molecular flexibility index (Phi) is 4.18. The Morgan fingerprint density at radius 3 is 2.90 bits per heavy atom. The predicted molar refractivity (Wildman–Crippen MR) is 77.5 cm³/mol. The van der Waals surface area contributed by atoms with Crippen molar-refractivity contribution in [3.05, 3.63) is 17.0 Å². The van der Waals surface area contributed by atoms with E-state index in [2.05, 4.69) is 25.7 Å². The molecule has 0 fully saturated rings. The first-order chi connectivity index (χ1) is 9.45. The number of rotatable bonds is 5. The number of aryl methyl sites for hydroxylation is 1. The smallest absolute Gasteiger partial charge is 0.265 e. The fraction of sp³-hybridized carbons (Fsp3) is 0.455. The van der Waals surface area contributed by atoms with Crippen LogP contribution in [0.3, 0.4) is 0 Å². The Hall–Kier alpha value is -2.16. The molecule has 2 aromatic rings. The van der Waals surface area contributed by atoms with E-state index in [1.165, 1.54) is 11.3 Å². The maximum atomic E-state index is 12.0. The van der Waals surface area contributed by atoms with Crippen molar-refractivity contribution in [3.63, 3.8) is 0 Å². The lowest BCUT2D eigenvalue weighted by molar-refractivity contribution is 0.0954. The molecule has 0 aliphatic rings. The lowest BCUT2D eigenvalue weighted by atomic mass is 10.4. The molecule has 2 heterocycles. The predicted octanol–water partition coefficient (Wildman–Crippen LogP) is 0.604. The van der Waals surface area contributed by atoms with Crippen molar-refractivity contribution in [2.45, 2.75) is 26.4 Å². The van der Waals surface area contributed by atoms with Crippen molar-refractivity contribution >= 4 is 28.2 Å². The summed E-state index contributed by atoms with van der Waals surface area (Å²) in [4.78, 5) is 20.6. The number of hydrogen-bond acceptors (Lipinski definition) is 7. The van der Waals surface area contributed by atoms with E-state index in [4.69, 9.17) is 5.73 Å². The molecule has 0 aliphatic heterocycles. The van der Waals surface area contributed by atoms with Crippen LogP contribution in [0.15, 0.2) is 6.33 Å². The first kappa shape index (κ1) is 14.3. The molecule has 8 nitrogen and oxygen atoms in total. The molecule has 9 heteroatoms. The van der Waals surface area contributed by atoms with E-state index in [-0.39, 0.29) is 24.3 Å². The second-order valence-corrected chi connectivity index (χ2v) is 5.55. The van der Waals surface area contributed by atoms with Gasteiger partial charge in [0.05, 0.1) is 6.54 Å². The topological polar surface area (TPSA) is 111 Å². The summed E-state index contributed by atoms with van der Waals surface area (Å²) in [5.41, 5.74) is 5.75. The minimum Gasteiger partial charge on any atom is -0.382 e. The van der Waals surface area contributed by atoms with Crippen LogP contribution >= 0.6 is 11.3 Å². The third-order valence-electron chi connectivity index (χ3n) is 2.33.